The van der Waals surface area contributed by atoms with Crippen molar-refractivity contribution in [2.45, 2.75) is 91.3 Å². The van der Waals surface area contributed by atoms with Crippen molar-refractivity contribution in [3.63, 3.8) is 0 Å². The van der Waals surface area contributed by atoms with Crippen LogP contribution in [0.2, 0.25) is 0 Å². The lowest BCUT2D eigenvalue weighted by molar-refractivity contribution is -0.140. The van der Waals surface area contributed by atoms with E-state index in [1.54, 1.807) is 45.0 Å². The van der Waals surface area contributed by atoms with Gasteiger partial charge in [0.1, 0.15) is 17.7 Å². The van der Waals surface area contributed by atoms with Crippen LogP contribution in [-0.4, -0.2) is 46.7 Å². The van der Waals surface area contributed by atoms with Crippen molar-refractivity contribution in [3.05, 3.63) is 64.7 Å². The van der Waals surface area contributed by atoms with Gasteiger partial charge in [-0.2, -0.15) is 12.6 Å². The molecule has 0 saturated carbocycles. The van der Waals surface area contributed by atoms with Crippen LogP contribution in [0.1, 0.15) is 88.1 Å². The van der Waals surface area contributed by atoms with E-state index in [1.165, 1.54) is 4.90 Å². The van der Waals surface area contributed by atoms with E-state index in [0.717, 1.165) is 36.8 Å². The molecular formula is C33H45N3O4S. The van der Waals surface area contributed by atoms with E-state index in [-0.39, 0.29) is 11.7 Å². The number of thiol groups is 1. The van der Waals surface area contributed by atoms with E-state index in [9.17, 15) is 14.4 Å². The minimum absolute atomic E-state index is 0.0203. The largest absolute Gasteiger partial charge is 0.444 e. The highest BCUT2D eigenvalue weighted by molar-refractivity contribution is 7.80. The number of unbranched alkanes of at least 4 members (excludes halogenated alkanes) is 4. The summed E-state index contributed by atoms with van der Waals surface area (Å²) in [6.07, 6.45) is 9.90. The maximum atomic E-state index is 14.2. The number of aryl methyl sites for hydroxylation is 2. The van der Waals surface area contributed by atoms with Gasteiger partial charge in [-0.05, 0) is 63.8 Å². The number of ether oxygens (including phenoxy) is 1. The summed E-state index contributed by atoms with van der Waals surface area (Å²) in [5, 5.41) is 5.73. The van der Waals surface area contributed by atoms with E-state index in [2.05, 4.69) is 36.1 Å². The van der Waals surface area contributed by atoms with Crippen LogP contribution in [0.25, 0.3) is 0 Å². The molecule has 2 N–H and O–H groups in total. The van der Waals surface area contributed by atoms with Crippen LogP contribution in [0.3, 0.4) is 0 Å². The van der Waals surface area contributed by atoms with Crippen molar-refractivity contribution in [2.75, 3.05) is 17.6 Å². The monoisotopic (exact) mass is 579 g/mol. The number of hydrogen-bond acceptors (Lipinski definition) is 5. The second kappa shape index (κ2) is 16.1. The maximum Gasteiger partial charge on any atom is 0.408 e. The van der Waals surface area contributed by atoms with E-state index < -0.39 is 29.7 Å². The van der Waals surface area contributed by atoms with Crippen LogP contribution >= 0.6 is 12.6 Å². The number of carbonyl (C=O) groups excluding carboxylic acids is 3. The van der Waals surface area contributed by atoms with Gasteiger partial charge in [-0.25, -0.2) is 4.79 Å². The second-order valence-corrected chi connectivity index (χ2v) is 11.6. The zero-order valence-electron chi connectivity index (χ0n) is 25.3. The van der Waals surface area contributed by atoms with Crippen LogP contribution in [0.4, 0.5) is 10.5 Å². The molecule has 2 aromatic carbocycles. The summed E-state index contributed by atoms with van der Waals surface area (Å²) >= 11 is 4.38. The summed E-state index contributed by atoms with van der Waals surface area (Å²) in [6, 6.07) is 10.9. The molecule has 0 fully saturated rings. The maximum absolute atomic E-state index is 14.2. The smallest absolute Gasteiger partial charge is 0.408 e. The van der Waals surface area contributed by atoms with Crippen molar-refractivity contribution in [3.8, 4) is 12.3 Å². The molecule has 0 aliphatic rings. The highest BCUT2D eigenvalue weighted by Gasteiger charge is 2.37. The first-order valence-corrected chi connectivity index (χ1v) is 14.9. The predicted molar refractivity (Wildman–Crippen MR) is 169 cm³/mol. The van der Waals surface area contributed by atoms with Gasteiger partial charge >= 0.3 is 6.09 Å². The number of amides is 3. The van der Waals surface area contributed by atoms with Gasteiger partial charge in [-0.15, -0.1) is 6.42 Å². The molecule has 0 aliphatic heterocycles. The number of carbonyl (C=O) groups is 3. The molecule has 2 unspecified atom stereocenters. The molecule has 7 nitrogen and oxygen atoms in total. The Morgan fingerprint density at radius 2 is 1.63 bits per heavy atom. The molecule has 3 amide bonds. The van der Waals surface area contributed by atoms with Gasteiger partial charge in [0.15, 0.2) is 0 Å². The quantitative estimate of drug-likeness (QED) is 0.142. The molecule has 41 heavy (non-hydrogen) atoms. The molecule has 2 atom stereocenters. The third-order valence-electron chi connectivity index (χ3n) is 6.66. The van der Waals surface area contributed by atoms with E-state index in [1.807, 2.05) is 32.0 Å². The summed E-state index contributed by atoms with van der Waals surface area (Å²) in [5.74, 6) is 1.87. The first kappa shape index (κ1) is 33.8. The Kier molecular flexibility index (Phi) is 13.3. The van der Waals surface area contributed by atoms with Crippen LogP contribution in [0, 0.1) is 26.2 Å². The zero-order chi connectivity index (χ0) is 30.6. The van der Waals surface area contributed by atoms with Crippen molar-refractivity contribution in [2.24, 2.45) is 0 Å². The van der Waals surface area contributed by atoms with Crippen LogP contribution in [0.15, 0.2) is 42.5 Å². The molecule has 0 radical (unpaired) electrons. The lowest BCUT2D eigenvalue weighted by atomic mass is 9.96. The minimum atomic E-state index is -1.04. The summed E-state index contributed by atoms with van der Waals surface area (Å²) in [6.45, 7) is 11.5. The van der Waals surface area contributed by atoms with Crippen molar-refractivity contribution >= 4 is 36.2 Å². The molecule has 0 aliphatic carbocycles. The average Bonchev–Trinajstić information content (AvgIpc) is 2.91. The van der Waals surface area contributed by atoms with E-state index >= 15 is 0 Å². The molecule has 0 aromatic heterocycles. The van der Waals surface area contributed by atoms with Gasteiger partial charge in [-0.3, -0.25) is 9.59 Å². The van der Waals surface area contributed by atoms with Crippen molar-refractivity contribution < 1.29 is 19.1 Å². The van der Waals surface area contributed by atoms with Crippen molar-refractivity contribution in [1.82, 2.24) is 10.2 Å². The Balaban J connectivity index is 2.57. The first-order chi connectivity index (χ1) is 19.4. The molecule has 2 rings (SSSR count). The fraction of sp³-hybridized carbons (Fsp3) is 0.485. The van der Waals surface area contributed by atoms with Crippen LogP contribution in [0.5, 0.6) is 0 Å². The fourth-order valence-corrected chi connectivity index (χ4v) is 4.86. The number of para-hydroxylation sites is 1. The number of nitrogens with zero attached hydrogens (tertiary/aromatic N) is 1. The number of rotatable bonds is 13. The first-order valence-electron chi connectivity index (χ1n) is 14.3. The second-order valence-electron chi connectivity index (χ2n) is 11.2. The van der Waals surface area contributed by atoms with Gasteiger partial charge < -0.3 is 20.3 Å². The van der Waals surface area contributed by atoms with Crippen LogP contribution < -0.4 is 10.6 Å². The third-order valence-corrected chi connectivity index (χ3v) is 7.02. The summed E-state index contributed by atoms with van der Waals surface area (Å²) < 4.78 is 5.40. The lowest BCUT2D eigenvalue weighted by Gasteiger charge is -2.35. The molecule has 0 heterocycles. The topological polar surface area (TPSA) is 87.7 Å². The average molecular weight is 580 g/mol. The Hall–Kier alpha value is -3.44. The standard InChI is InChI=1S/C33H45N3O4S/c1-8-10-11-12-15-21-36(31(38)27(22-41)34-32(39)40-33(5,6)7)29(26-20-14-13-19-25(26)9-2)30(37)35-28-23(3)17-16-18-24(28)4/h2,13-14,16-20,27,29,41H,8,10-12,15,21-22H2,1,3-7H3,(H,34,39)(H,35,37). The number of terminal acetylenes is 1. The Labute approximate surface area is 251 Å². The zero-order valence-corrected chi connectivity index (χ0v) is 26.1. The molecule has 0 spiro atoms. The number of benzene rings is 2. The normalized spacial score (nSPS) is 12.5. The highest BCUT2D eigenvalue weighted by Crippen LogP contribution is 2.29. The van der Waals surface area contributed by atoms with Gasteiger partial charge in [-0.1, -0.05) is 74.9 Å². The number of nitrogens with one attached hydrogen (secondary N) is 2. The highest BCUT2D eigenvalue weighted by atomic mass is 32.1. The fourth-order valence-electron chi connectivity index (χ4n) is 4.61. The molecule has 8 heteroatoms. The van der Waals surface area contributed by atoms with Crippen molar-refractivity contribution in [1.29, 1.82) is 0 Å². The minimum Gasteiger partial charge on any atom is -0.444 e. The number of alkyl carbamates (subject to hydrolysis) is 1. The van der Waals surface area contributed by atoms with Crippen LogP contribution in [-0.2, 0) is 14.3 Å². The van der Waals surface area contributed by atoms with Gasteiger partial charge in [0, 0.05) is 23.5 Å². The molecule has 222 valence electrons. The van der Waals surface area contributed by atoms with E-state index in [0.29, 0.717) is 29.8 Å². The summed E-state index contributed by atoms with van der Waals surface area (Å²) in [7, 11) is 0. The third kappa shape index (κ3) is 10.2. The summed E-state index contributed by atoms with van der Waals surface area (Å²) in [4.78, 5) is 42.5. The molecule has 0 saturated heterocycles. The predicted octanol–water partition coefficient (Wildman–Crippen LogP) is 6.59. The van der Waals surface area contributed by atoms with E-state index in [4.69, 9.17) is 11.2 Å². The van der Waals surface area contributed by atoms with Gasteiger partial charge in [0.2, 0.25) is 5.91 Å². The lowest BCUT2D eigenvalue weighted by Crippen LogP contribution is -2.53. The Morgan fingerprint density at radius 3 is 2.22 bits per heavy atom. The van der Waals surface area contributed by atoms with Gasteiger partial charge in [0.05, 0.1) is 0 Å². The molecule has 2 aromatic rings. The SMILES string of the molecule is C#Cc1ccccc1C(C(=O)Nc1c(C)cccc1C)N(CCCCCCC)C(=O)C(CS)NC(=O)OC(C)(C)C. The summed E-state index contributed by atoms with van der Waals surface area (Å²) in [5.41, 5.74) is 2.80. The molecular weight excluding hydrogens is 534 g/mol. The Morgan fingerprint density at radius 1 is 1.00 bits per heavy atom. The number of anilines is 1. The van der Waals surface area contributed by atoms with Gasteiger partial charge in [0.25, 0.3) is 5.91 Å². The Bertz CT molecular complexity index is 1210. The molecule has 0 bridgehead atoms. The number of hydrogen-bond donors (Lipinski definition) is 3.